The minimum Gasteiger partial charge on any atom is -0.378 e. The molecule has 2 aromatic carbocycles. The average molecular weight is 519 g/mol. The van der Waals surface area contributed by atoms with Gasteiger partial charge in [-0.2, -0.15) is 13.2 Å². The molecule has 2 saturated carbocycles. The van der Waals surface area contributed by atoms with E-state index < -0.39 is 23.4 Å². The maximum Gasteiger partial charge on any atom is 0.458 e. The molecule has 0 amide bonds. The van der Waals surface area contributed by atoms with Crippen molar-refractivity contribution in [3.8, 4) is 11.8 Å². The van der Waals surface area contributed by atoms with Crippen molar-refractivity contribution in [1.29, 1.82) is 0 Å². The summed E-state index contributed by atoms with van der Waals surface area (Å²) in [4.78, 5) is 0. The smallest absolute Gasteiger partial charge is 0.378 e. The number of hydrogen-bond acceptors (Lipinski definition) is 1. The van der Waals surface area contributed by atoms with Gasteiger partial charge in [0.25, 0.3) is 0 Å². The first-order chi connectivity index (χ1) is 17.7. The highest BCUT2D eigenvalue weighted by Gasteiger charge is 2.39. The molecule has 0 spiro atoms. The fourth-order valence-corrected chi connectivity index (χ4v) is 7.05. The van der Waals surface area contributed by atoms with E-state index in [9.17, 15) is 22.0 Å². The van der Waals surface area contributed by atoms with Crippen molar-refractivity contribution in [3.05, 3.63) is 47.0 Å². The van der Waals surface area contributed by atoms with Crippen molar-refractivity contribution in [2.75, 3.05) is 6.61 Å². The first kappa shape index (κ1) is 26.5. The Morgan fingerprint density at radius 3 is 2.43 bits per heavy atom. The minimum absolute atomic E-state index is 0.0882. The van der Waals surface area contributed by atoms with Gasteiger partial charge in [0.15, 0.2) is 0 Å². The van der Waals surface area contributed by atoms with E-state index in [2.05, 4.69) is 6.92 Å². The highest BCUT2D eigenvalue weighted by atomic mass is 19.4. The fourth-order valence-electron chi connectivity index (χ4n) is 7.05. The summed E-state index contributed by atoms with van der Waals surface area (Å²) in [5.41, 5.74) is 0.156. The molecule has 3 aliphatic rings. The Kier molecular flexibility index (Phi) is 7.82. The molecule has 1 heterocycles. The van der Waals surface area contributed by atoms with Gasteiger partial charge in [-0.15, -0.1) is 0 Å². The summed E-state index contributed by atoms with van der Waals surface area (Å²) in [6, 6.07) is 6.17. The Labute approximate surface area is 216 Å². The standard InChI is InChI=1S/C31H35F5O/c1-19-2-11-29(37-18-19)24-9-8-22-14-20(5-7-23(22)16-24)3-4-21-6-10-26-25(15-21)17-28(32)27(30(26)33)12-13-31(34,35)36/h6,10,15,17,19-20,22-24,29H,2-5,7-9,11,14,16,18H2,1H3. The second kappa shape index (κ2) is 10.9. The number of aryl methyl sites for hydroxylation is 1. The zero-order valence-corrected chi connectivity index (χ0v) is 21.3. The lowest BCUT2D eigenvalue weighted by molar-refractivity contribution is -0.0696. The predicted molar refractivity (Wildman–Crippen MR) is 135 cm³/mol. The molecule has 2 aliphatic carbocycles. The molecule has 5 rings (SSSR count). The molecule has 6 heteroatoms. The number of benzene rings is 2. The maximum atomic E-state index is 14.7. The van der Waals surface area contributed by atoms with Crippen LogP contribution in [-0.4, -0.2) is 18.9 Å². The van der Waals surface area contributed by atoms with Crippen molar-refractivity contribution in [2.24, 2.45) is 29.6 Å². The highest BCUT2D eigenvalue weighted by Crippen LogP contribution is 2.47. The molecule has 6 unspecified atom stereocenters. The average Bonchev–Trinajstić information content (AvgIpc) is 2.86. The van der Waals surface area contributed by atoms with Crippen LogP contribution in [0.4, 0.5) is 22.0 Å². The molecule has 1 aliphatic heterocycles. The van der Waals surface area contributed by atoms with Crippen molar-refractivity contribution in [3.63, 3.8) is 0 Å². The Morgan fingerprint density at radius 2 is 1.68 bits per heavy atom. The van der Waals surface area contributed by atoms with Crippen LogP contribution in [0.3, 0.4) is 0 Å². The monoisotopic (exact) mass is 518 g/mol. The van der Waals surface area contributed by atoms with Gasteiger partial charge in [0.2, 0.25) is 0 Å². The molecule has 200 valence electrons. The molecular weight excluding hydrogens is 483 g/mol. The Bertz CT molecular complexity index is 1170. The number of fused-ring (bicyclic) bond motifs is 2. The molecule has 0 aromatic heterocycles. The van der Waals surface area contributed by atoms with E-state index in [4.69, 9.17) is 4.74 Å². The summed E-state index contributed by atoms with van der Waals surface area (Å²) in [6.07, 6.45) is 7.70. The van der Waals surface area contributed by atoms with Crippen molar-refractivity contribution >= 4 is 10.8 Å². The normalized spacial score (nSPS) is 30.4. The summed E-state index contributed by atoms with van der Waals surface area (Å²) in [5.74, 6) is 4.15. The quantitative estimate of drug-likeness (QED) is 0.291. The molecule has 1 saturated heterocycles. The summed E-state index contributed by atoms with van der Waals surface area (Å²) in [7, 11) is 0. The van der Waals surface area contributed by atoms with Crippen LogP contribution >= 0.6 is 0 Å². The first-order valence-electron chi connectivity index (χ1n) is 13.8. The second-order valence-electron chi connectivity index (χ2n) is 11.7. The highest BCUT2D eigenvalue weighted by molar-refractivity contribution is 5.85. The van der Waals surface area contributed by atoms with Crippen LogP contribution in [0.2, 0.25) is 0 Å². The predicted octanol–water partition coefficient (Wildman–Crippen LogP) is 8.61. The van der Waals surface area contributed by atoms with Gasteiger partial charge in [-0.1, -0.05) is 37.5 Å². The Balaban J connectivity index is 1.17. The van der Waals surface area contributed by atoms with Crippen LogP contribution in [-0.2, 0) is 11.2 Å². The first-order valence-corrected chi connectivity index (χ1v) is 13.8. The molecule has 0 N–H and O–H groups in total. The third kappa shape index (κ3) is 6.30. The number of alkyl halides is 3. The number of hydrogen-bond donors (Lipinski definition) is 0. The molecule has 0 radical (unpaired) electrons. The Morgan fingerprint density at radius 1 is 0.919 bits per heavy atom. The topological polar surface area (TPSA) is 9.23 Å². The van der Waals surface area contributed by atoms with Crippen molar-refractivity contribution in [1.82, 2.24) is 0 Å². The van der Waals surface area contributed by atoms with E-state index in [-0.39, 0.29) is 5.39 Å². The van der Waals surface area contributed by atoms with Gasteiger partial charge in [0.05, 0.1) is 11.7 Å². The van der Waals surface area contributed by atoms with E-state index in [1.165, 1.54) is 57.4 Å². The van der Waals surface area contributed by atoms with Crippen LogP contribution in [0.25, 0.3) is 10.8 Å². The van der Waals surface area contributed by atoms with Crippen LogP contribution < -0.4 is 0 Å². The third-order valence-electron chi connectivity index (χ3n) is 9.09. The molecule has 6 atom stereocenters. The van der Waals surface area contributed by atoms with E-state index in [0.29, 0.717) is 23.3 Å². The van der Waals surface area contributed by atoms with Gasteiger partial charge >= 0.3 is 6.18 Å². The molecule has 3 fully saturated rings. The zero-order valence-electron chi connectivity index (χ0n) is 21.3. The van der Waals surface area contributed by atoms with Crippen molar-refractivity contribution < 1.29 is 26.7 Å². The molecule has 1 nitrogen and oxygen atoms in total. The lowest BCUT2D eigenvalue weighted by Crippen LogP contribution is -2.38. The van der Waals surface area contributed by atoms with E-state index in [1.807, 2.05) is 0 Å². The van der Waals surface area contributed by atoms with Gasteiger partial charge in [0, 0.05) is 17.9 Å². The van der Waals surface area contributed by atoms with Gasteiger partial charge in [-0.05, 0) is 104 Å². The summed E-state index contributed by atoms with van der Waals surface area (Å²) in [6.45, 7) is 3.19. The van der Waals surface area contributed by atoms with Gasteiger partial charge < -0.3 is 4.74 Å². The largest absolute Gasteiger partial charge is 0.458 e. The lowest BCUT2D eigenvalue weighted by atomic mass is 9.63. The second-order valence-corrected chi connectivity index (χ2v) is 11.7. The summed E-state index contributed by atoms with van der Waals surface area (Å²) >= 11 is 0. The number of halogens is 5. The summed E-state index contributed by atoms with van der Waals surface area (Å²) in [5, 5.41) is 0.441. The lowest BCUT2D eigenvalue weighted by Gasteiger charge is -2.45. The molecular formula is C31H35F5O. The SMILES string of the molecule is CC1CCC(C2CCC3CC(CCc4ccc5c(F)c(C#CC(F)(F)F)c(F)cc5c4)CCC3C2)OC1. The van der Waals surface area contributed by atoms with E-state index in [1.54, 1.807) is 18.1 Å². The van der Waals surface area contributed by atoms with Gasteiger partial charge in [-0.25, -0.2) is 8.78 Å². The van der Waals surface area contributed by atoms with Crippen LogP contribution in [0.15, 0.2) is 24.3 Å². The van der Waals surface area contributed by atoms with E-state index in [0.717, 1.165) is 54.8 Å². The summed E-state index contributed by atoms with van der Waals surface area (Å²) < 4.78 is 72.4. The fraction of sp³-hybridized carbons (Fsp3) is 0.613. The van der Waals surface area contributed by atoms with Crippen molar-refractivity contribution in [2.45, 2.75) is 83.4 Å². The van der Waals surface area contributed by atoms with Crippen LogP contribution in [0.1, 0.15) is 75.8 Å². The molecule has 0 bridgehead atoms. The molecule has 37 heavy (non-hydrogen) atoms. The molecule has 2 aromatic rings. The number of rotatable bonds is 4. The van der Waals surface area contributed by atoms with Crippen LogP contribution in [0.5, 0.6) is 0 Å². The zero-order chi connectivity index (χ0) is 26.2. The van der Waals surface area contributed by atoms with Gasteiger partial charge in [0.1, 0.15) is 11.6 Å². The number of ether oxygens (including phenoxy) is 1. The maximum absolute atomic E-state index is 14.7. The van der Waals surface area contributed by atoms with E-state index >= 15 is 0 Å². The third-order valence-corrected chi connectivity index (χ3v) is 9.09. The Hall–Kier alpha value is -2.13. The minimum atomic E-state index is -4.81. The van der Waals surface area contributed by atoms with Crippen LogP contribution in [0, 0.1) is 53.1 Å². The van der Waals surface area contributed by atoms with Gasteiger partial charge in [-0.3, -0.25) is 0 Å².